The summed E-state index contributed by atoms with van der Waals surface area (Å²) in [6.45, 7) is 1.16. The summed E-state index contributed by atoms with van der Waals surface area (Å²) in [7, 11) is -0.367. The zero-order valence-electron chi connectivity index (χ0n) is 15.9. The van der Waals surface area contributed by atoms with Gasteiger partial charge in [0.15, 0.2) is 0 Å². The summed E-state index contributed by atoms with van der Waals surface area (Å²) >= 11 is 5.87. The number of rotatable bonds is 7. The average molecular weight is 426 g/mol. The second-order valence-corrected chi connectivity index (χ2v) is 8.99. The summed E-state index contributed by atoms with van der Waals surface area (Å²) in [5.41, 5.74) is 0.911. The maximum atomic E-state index is 12.9. The van der Waals surface area contributed by atoms with Crippen LogP contribution in [0, 0.1) is 0 Å². The van der Waals surface area contributed by atoms with Crippen LogP contribution >= 0.6 is 11.6 Å². The zero-order chi connectivity index (χ0) is 20.1. The van der Waals surface area contributed by atoms with Gasteiger partial charge in [-0.2, -0.15) is 4.31 Å². The van der Waals surface area contributed by atoms with Gasteiger partial charge in [-0.3, -0.25) is 0 Å². The summed E-state index contributed by atoms with van der Waals surface area (Å²) in [5, 5.41) is 0.507. The molecule has 2 aromatic rings. The Bertz CT molecular complexity index is 879. The molecule has 1 fully saturated rings. The van der Waals surface area contributed by atoms with Crippen LogP contribution in [-0.2, 0) is 21.4 Å². The van der Waals surface area contributed by atoms with Crippen LogP contribution in [0.25, 0.3) is 0 Å². The molecule has 0 N–H and O–H groups in total. The molecule has 1 unspecified atom stereocenters. The topological polar surface area (TPSA) is 65.1 Å². The quantitative estimate of drug-likeness (QED) is 0.676. The highest BCUT2D eigenvalue weighted by Gasteiger charge is 2.30. The van der Waals surface area contributed by atoms with Crippen LogP contribution in [0.2, 0.25) is 5.02 Å². The Hall–Kier alpha value is -1.80. The third-order valence-electron chi connectivity index (χ3n) is 4.69. The normalized spacial score (nSPS) is 18.0. The SMILES string of the molecule is COc1cc(COC2CCCN(S(=O)(=O)c3ccc(Cl)cc3)C2)cc(OC)c1. The minimum Gasteiger partial charge on any atom is -0.497 e. The van der Waals surface area contributed by atoms with E-state index < -0.39 is 10.0 Å². The van der Waals surface area contributed by atoms with Gasteiger partial charge in [-0.25, -0.2) is 8.42 Å². The highest BCUT2D eigenvalue weighted by molar-refractivity contribution is 7.89. The molecule has 6 nitrogen and oxygen atoms in total. The minimum atomic E-state index is -3.56. The number of methoxy groups -OCH3 is 2. The number of hydrogen-bond donors (Lipinski definition) is 0. The molecule has 0 radical (unpaired) electrons. The molecule has 152 valence electrons. The molecule has 2 aromatic carbocycles. The van der Waals surface area contributed by atoms with Crippen LogP contribution in [0.1, 0.15) is 18.4 Å². The highest BCUT2D eigenvalue weighted by atomic mass is 35.5. The molecule has 8 heteroatoms. The van der Waals surface area contributed by atoms with Crippen molar-refractivity contribution in [2.45, 2.75) is 30.4 Å². The Kier molecular flexibility index (Phi) is 6.82. The van der Waals surface area contributed by atoms with Crippen molar-refractivity contribution in [3.8, 4) is 11.5 Å². The largest absolute Gasteiger partial charge is 0.497 e. The number of halogens is 1. The Labute approximate surface area is 171 Å². The van der Waals surface area contributed by atoms with Crippen molar-refractivity contribution >= 4 is 21.6 Å². The Balaban J connectivity index is 1.66. The summed E-state index contributed by atoms with van der Waals surface area (Å²) in [6, 6.07) is 11.8. The molecule has 3 rings (SSSR count). The molecule has 0 bridgehead atoms. The lowest BCUT2D eigenvalue weighted by atomic mass is 10.1. The second kappa shape index (κ2) is 9.13. The van der Waals surface area contributed by atoms with Gasteiger partial charge in [-0.15, -0.1) is 0 Å². The van der Waals surface area contributed by atoms with Crippen molar-refractivity contribution in [3.05, 3.63) is 53.1 Å². The molecular weight excluding hydrogens is 402 g/mol. The van der Waals surface area contributed by atoms with E-state index in [1.807, 2.05) is 12.1 Å². The number of sulfonamides is 1. The van der Waals surface area contributed by atoms with E-state index in [1.54, 1.807) is 32.4 Å². The zero-order valence-corrected chi connectivity index (χ0v) is 17.5. The van der Waals surface area contributed by atoms with E-state index in [-0.39, 0.29) is 11.0 Å². The van der Waals surface area contributed by atoms with E-state index in [1.165, 1.54) is 16.4 Å². The minimum absolute atomic E-state index is 0.173. The second-order valence-electron chi connectivity index (χ2n) is 6.61. The van der Waals surface area contributed by atoms with Crippen LogP contribution in [-0.4, -0.2) is 46.1 Å². The fraction of sp³-hybridized carbons (Fsp3) is 0.400. The smallest absolute Gasteiger partial charge is 0.243 e. The molecule has 0 aromatic heterocycles. The van der Waals surface area contributed by atoms with Gasteiger partial charge in [0.05, 0.1) is 31.8 Å². The highest BCUT2D eigenvalue weighted by Crippen LogP contribution is 2.26. The molecule has 0 amide bonds. The number of benzene rings is 2. The van der Waals surface area contributed by atoms with Crippen molar-refractivity contribution in [1.82, 2.24) is 4.31 Å². The predicted molar refractivity (Wildman–Crippen MR) is 108 cm³/mol. The molecule has 28 heavy (non-hydrogen) atoms. The van der Waals surface area contributed by atoms with Gasteiger partial charge >= 0.3 is 0 Å². The Morgan fingerprint density at radius 3 is 2.32 bits per heavy atom. The molecule has 1 saturated heterocycles. The van der Waals surface area contributed by atoms with Gasteiger partial charge in [0, 0.05) is 24.2 Å². The van der Waals surface area contributed by atoms with Crippen LogP contribution in [0.5, 0.6) is 11.5 Å². The number of ether oxygens (including phenoxy) is 3. The maximum absolute atomic E-state index is 12.9. The lowest BCUT2D eigenvalue weighted by Crippen LogP contribution is -2.43. The summed E-state index contributed by atoms with van der Waals surface area (Å²) < 4.78 is 43.8. The molecule has 1 heterocycles. The van der Waals surface area contributed by atoms with Crippen molar-refractivity contribution in [3.63, 3.8) is 0 Å². The third kappa shape index (κ3) is 4.97. The van der Waals surface area contributed by atoms with E-state index in [0.29, 0.717) is 36.2 Å². The molecule has 0 aliphatic carbocycles. The summed E-state index contributed by atoms with van der Waals surface area (Å²) in [4.78, 5) is 0.245. The van der Waals surface area contributed by atoms with Gasteiger partial charge in [0.1, 0.15) is 11.5 Å². The monoisotopic (exact) mass is 425 g/mol. The fourth-order valence-electron chi connectivity index (χ4n) is 3.18. The van der Waals surface area contributed by atoms with E-state index in [0.717, 1.165) is 18.4 Å². The van der Waals surface area contributed by atoms with Gasteiger partial charge < -0.3 is 14.2 Å². The first kappa shape index (κ1) is 20.9. The average Bonchev–Trinajstić information content (AvgIpc) is 2.72. The number of piperidine rings is 1. The van der Waals surface area contributed by atoms with Gasteiger partial charge in [-0.05, 0) is 54.8 Å². The lowest BCUT2D eigenvalue weighted by molar-refractivity contribution is 0.00799. The molecule has 1 aliphatic rings. The number of nitrogens with zero attached hydrogens (tertiary/aromatic N) is 1. The first-order chi connectivity index (χ1) is 13.4. The third-order valence-corrected chi connectivity index (χ3v) is 6.82. The molecule has 1 atom stereocenters. The van der Waals surface area contributed by atoms with Crippen LogP contribution in [0.4, 0.5) is 0 Å². The van der Waals surface area contributed by atoms with Crippen LogP contribution in [0.3, 0.4) is 0 Å². The number of hydrogen-bond acceptors (Lipinski definition) is 5. The van der Waals surface area contributed by atoms with Crippen LogP contribution < -0.4 is 9.47 Å². The summed E-state index contributed by atoms with van der Waals surface area (Å²) in [6.07, 6.45) is 1.39. The first-order valence-electron chi connectivity index (χ1n) is 9.01. The summed E-state index contributed by atoms with van der Waals surface area (Å²) in [5.74, 6) is 1.38. The van der Waals surface area contributed by atoms with Crippen molar-refractivity contribution in [2.24, 2.45) is 0 Å². The van der Waals surface area contributed by atoms with E-state index >= 15 is 0 Å². The van der Waals surface area contributed by atoms with Crippen molar-refractivity contribution in [1.29, 1.82) is 0 Å². The standard InChI is InChI=1S/C20H24ClNO5S/c1-25-18-10-15(11-19(12-18)26-2)14-27-17-4-3-9-22(13-17)28(23,24)20-7-5-16(21)6-8-20/h5-8,10-12,17H,3-4,9,13-14H2,1-2H3. The van der Waals surface area contributed by atoms with Crippen molar-refractivity contribution in [2.75, 3.05) is 27.3 Å². The van der Waals surface area contributed by atoms with E-state index in [9.17, 15) is 8.42 Å². The van der Waals surface area contributed by atoms with E-state index in [4.69, 9.17) is 25.8 Å². The Morgan fingerprint density at radius 1 is 1.07 bits per heavy atom. The molecule has 1 aliphatic heterocycles. The molecule has 0 spiro atoms. The molecular formula is C20H24ClNO5S. The van der Waals surface area contributed by atoms with E-state index in [2.05, 4.69) is 0 Å². The van der Waals surface area contributed by atoms with Gasteiger partial charge in [0.25, 0.3) is 0 Å². The first-order valence-corrected chi connectivity index (χ1v) is 10.8. The Morgan fingerprint density at radius 2 is 1.71 bits per heavy atom. The maximum Gasteiger partial charge on any atom is 0.243 e. The van der Waals surface area contributed by atoms with Crippen LogP contribution in [0.15, 0.2) is 47.4 Å². The molecule has 0 saturated carbocycles. The lowest BCUT2D eigenvalue weighted by Gasteiger charge is -2.32. The van der Waals surface area contributed by atoms with Gasteiger partial charge in [0.2, 0.25) is 10.0 Å². The van der Waals surface area contributed by atoms with Crippen molar-refractivity contribution < 1.29 is 22.6 Å². The predicted octanol–water partition coefficient (Wildman–Crippen LogP) is 3.73. The fourth-order valence-corrected chi connectivity index (χ4v) is 4.81. The van der Waals surface area contributed by atoms with Gasteiger partial charge in [-0.1, -0.05) is 11.6 Å².